The Hall–Kier alpha value is -2.27. The van der Waals surface area contributed by atoms with E-state index in [4.69, 9.17) is 16.3 Å². The summed E-state index contributed by atoms with van der Waals surface area (Å²) in [5.74, 6) is 0.218. The number of urea groups is 1. The van der Waals surface area contributed by atoms with Crippen molar-refractivity contribution in [1.29, 1.82) is 0 Å². The summed E-state index contributed by atoms with van der Waals surface area (Å²) in [5, 5.41) is 2.95. The molecule has 4 nitrogen and oxygen atoms in total. The Morgan fingerprint density at radius 3 is 2.91 bits per heavy atom. The highest BCUT2D eigenvalue weighted by molar-refractivity contribution is 6.31. The van der Waals surface area contributed by atoms with Crippen LogP contribution in [0.15, 0.2) is 42.5 Å². The van der Waals surface area contributed by atoms with E-state index < -0.39 is 11.5 Å². The number of amides is 2. The number of hydrogen-bond donors (Lipinski definition) is 1. The molecule has 2 bridgehead atoms. The van der Waals surface area contributed by atoms with Gasteiger partial charge >= 0.3 is 6.03 Å². The Bertz CT molecular complexity index is 813. The molecule has 4 rings (SSSR count). The molecule has 118 valence electrons. The third-order valence-electron chi connectivity index (χ3n) is 4.34. The van der Waals surface area contributed by atoms with Crippen LogP contribution in [0.1, 0.15) is 24.9 Å². The maximum atomic E-state index is 13.4. The van der Waals surface area contributed by atoms with Gasteiger partial charge in [0.25, 0.3) is 0 Å². The van der Waals surface area contributed by atoms with Crippen LogP contribution in [0.5, 0.6) is 5.75 Å². The van der Waals surface area contributed by atoms with Crippen LogP contribution in [0.25, 0.3) is 0 Å². The quantitative estimate of drug-likeness (QED) is 0.848. The lowest BCUT2D eigenvalue weighted by molar-refractivity contribution is 0.0379. The van der Waals surface area contributed by atoms with E-state index in [-0.39, 0.29) is 17.1 Å². The highest BCUT2D eigenvalue weighted by Gasteiger charge is 2.49. The molecule has 2 unspecified atom stereocenters. The van der Waals surface area contributed by atoms with E-state index >= 15 is 0 Å². The Morgan fingerprint density at radius 2 is 2.13 bits per heavy atom. The molecule has 2 aromatic rings. The topological polar surface area (TPSA) is 41.6 Å². The highest BCUT2D eigenvalue weighted by Crippen LogP contribution is 2.45. The maximum Gasteiger partial charge on any atom is 0.325 e. The molecule has 0 aliphatic carbocycles. The standard InChI is InChI=1S/C17H14ClFN2O2/c1-17-9-14(11-4-2-3-5-15(11)23-17)20-16(22)21(17)10-6-7-13(19)12(18)8-10/h2-8,14H,9H2,1H3,(H,20,22). The van der Waals surface area contributed by atoms with Gasteiger partial charge in [-0.2, -0.15) is 0 Å². The van der Waals surface area contributed by atoms with E-state index in [2.05, 4.69) is 5.32 Å². The largest absolute Gasteiger partial charge is 0.467 e. The third-order valence-corrected chi connectivity index (χ3v) is 4.63. The minimum Gasteiger partial charge on any atom is -0.467 e. The lowest BCUT2D eigenvalue weighted by Gasteiger charge is -2.50. The van der Waals surface area contributed by atoms with Crippen LogP contribution in [0.4, 0.5) is 14.9 Å². The second kappa shape index (κ2) is 4.86. The van der Waals surface area contributed by atoms with Crippen molar-refractivity contribution in [2.75, 3.05) is 4.90 Å². The third kappa shape index (κ3) is 2.15. The number of benzene rings is 2. The molecule has 2 amide bonds. The lowest BCUT2D eigenvalue weighted by Crippen LogP contribution is -2.65. The molecule has 6 heteroatoms. The normalized spacial score (nSPS) is 25.4. The fourth-order valence-corrected chi connectivity index (χ4v) is 3.51. The van der Waals surface area contributed by atoms with E-state index in [1.165, 1.54) is 23.1 Å². The summed E-state index contributed by atoms with van der Waals surface area (Å²) in [6, 6.07) is 11.5. The molecule has 2 heterocycles. The first-order chi connectivity index (χ1) is 11.0. The Labute approximate surface area is 137 Å². The lowest BCUT2D eigenvalue weighted by atomic mass is 9.90. The van der Waals surface area contributed by atoms with Crippen LogP contribution in [0.3, 0.4) is 0 Å². The van der Waals surface area contributed by atoms with Crippen molar-refractivity contribution in [3.63, 3.8) is 0 Å². The summed E-state index contributed by atoms with van der Waals surface area (Å²) in [7, 11) is 0. The number of carbonyl (C=O) groups excluding carboxylic acids is 1. The molecule has 0 saturated carbocycles. The molecule has 2 aliphatic heterocycles. The Morgan fingerprint density at radius 1 is 1.35 bits per heavy atom. The van der Waals surface area contributed by atoms with Crippen LogP contribution >= 0.6 is 11.6 Å². The number of halogens is 2. The highest BCUT2D eigenvalue weighted by atomic mass is 35.5. The molecule has 23 heavy (non-hydrogen) atoms. The SMILES string of the molecule is CC12CC(NC(=O)N1c1ccc(F)c(Cl)c1)c1ccccc1O2. The number of carbonyl (C=O) groups is 1. The molecule has 1 N–H and O–H groups in total. The van der Waals surface area contributed by atoms with Crippen molar-refractivity contribution in [3.05, 3.63) is 58.9 Å². The zero-order valence-electron chi connectivity index (χ0n) is 12.3. The van der Waals surface area contributed by atoms with E-state index in [1.54, 1.807) is 0 Å². The molecule has 2 atom stereocenters. The number of ether oxygens (including phenoxy) is 1. The fraction of sp³-hybridized carbons (Fsp3) is 0.235. The van der Waals surface area contributed by atoms with E-state index in [9.17, 15) is 9.18 Å². The van der Waals surface area contributed by atoms with Gasteiger partial charge in [-0.25, -0.2) is 9.18 Å². The van der Waals surface area contributed by atoms with Crippen LogP contribution in [-0.4, -0.2) is 11.8 Å². The van der Waals surface area contributed by atoms with Crippen molar-refractivity contribution >= 4 is 23.3 Å². The summed E-state index contributed by atoms with van der Waals surface area (Å²) >= 11 is 5.87. The van der Waals surface area contributed by atoms with Crippen molar-refractivity contribution in [2.45, 2.75) is 25.1 Å². The number of fused-ring (bicyclic) bond motifs is 4. The summed E-state index contributed by atoms with van der Waals surface area (Å²) in [6.45, 7) is 1.85. The molecule has 1 saturated heterocycles. The van der Waals surface area contributed by atoms with Crippen molar-refractivity contribution in [2.24, 2.45) is 0 Å². The van der Waals surface area contributed by atoms with Gasteiger partial charge < -0.3 is 10.1 Å². The first-order valence-corrected chi connectivity index (χ1v) is 7.69. The number of para-hydroxylation sites is 1. The average molecular weight is 333 g/mol. The van der Waals surface area contributed by atoms with Crippen LogP contribution < -0.4 is 15.0 Å². The van der Waals surface area contributed by atoms with Gasteiger partial charge in [-0.15, -0.1) is 0 Å². The Kier molecular flexibility index (Phi) is 3.03. The molecule has 2 aromatic carbocycles. The average Bonchev–Trinajstić information content (AvgIpc) is 2.50. The molecule has 1 fully saturated rings. The van der Waals surface area contributed by atoms with Gasteiger partial charge in [0.15, 0.2) is 5.72 Å². The van der Waals surface area contributed by atoms with Crippen molar-refractivity contribution < 1.29 is 13.9 Å². The number of anilines is 1. The van der Waals surface area contributed by atoms with Crippen LogP contribution in [0, 0.1) is 5.82 Å². The number of hydrogen-bond acceptors (Lipinski definition) is 2. The fourth-order valence-electron chi connectivity index (χ4n) is 3.34. The molecule has 2 aliphatic rings. The summed E-state index contributed by atoms with van der Waals surface area (Å²) in [4.78, 5) is 14.1. The minimum atomic E-state index is -0.859. The smallest absolute Gasteiger partial charge is 0.325 e. The minimum absolute atomic E-state index is 0.0303. The van der Waals surface area contributed by atoms with Gasteiger partial charge in [0.1, 0.15) is 11.6 Å². The number of nitrogens with one attached hydrogen (secondary N) is 1. The first kappa shape index (κ1) is 14.3. The van der Waals surface area contributed by atoms with E-state index in [0.29, 0.717) is 12.1 Å². The Balaban J connectivity index is 1.81. The second-order valence-electron chi connectivity index (χ2n) is 5.95. The van der Waals surface area contributed by atoms with Crippen molar-refractivity contribution in [3.8, 4) is 5.75 Å². The zero-order valence-corrected chi connectivity index (χ0v) is 13.1. The van der Waals surface area contributed by atoms with Crippen LogP contribution in [-0.2, 0) is 0 Å². The molecular weight excluding hydrogens is 319 g/mol. The van der Waals surface area contributed by atoms with Gasteiger partial charge in [-0.05, 0) is 31.2 Å². The molecule has 0 aromatic heterocycles. The predicted molar refractivity (Wildman–Crippen MR) is 85.3 cm³/mol. The van der Waals surface area contributed by atoms with E-state index in [0.717, 1.165) is 11.3 Å². The summed E-state index contributed by atoms with van der Waals surface area (Å²) < 4.78 is 19.6. The van der Waals surface area contributed by atoms with Gasteiger partial charge in [-0.3, -0.25) is 4.90 Å². The van der Waals surface area contributed by atoms with Gasteiger partial charge in [0, 0.05) is 12.0 Å². The van der Waals surface area contributed by atoms with Crippen LogP contribution in [0.2, 0.25) is 5.02 Å². The second-order valence-corrected chi connectivity index (χ2v) is 6.36. The van der Waals surface area contributed by atoms with E-state index in [1.807, 2.05) is 31.2 Å². The monoisotopic (exact) mass is 332 g/mol. The predicted octanol–water partition coefficient (Wildman–Crippen LogP) is 4.25. The number of rotatable bonds is 1. The molecule has 0 spiro atoms. The summed E-state index contributed by atoms with van der Waals surface area (Å²) in [6.07, 6.45) is 0.588. The van der Waals surface area contributed by atoms with Gasteiger partial charge in [-0.1, -0.05) is 29.8 Å². The first-order valence-electron chi connectivity index (χ1n) is 7.32. The molecular formula is C17H14ClFN2O2. The van der Waals surface area contributed by atoms with Gasteiger partial charge in [0.05, 0.1) is 16.8 Å². The molecule has 0 radical (unpaired) electrons. The zero-order chi connectivity index (χ0) is 16.2. The van der Waals surface area contributed by atoms with Gasteiger partial charge in [0.2, 0.25) is 0 Å². The maximum absolute atomic E-state index is 13.4. The number of nitrogens with zero attached hydrogens (tertiary/aromatic N) is 1. The summed E-state index contributed by atoms with van der Waals surface area (Å²) in [5.41, 5.74) is 0.604. The van der Waals surface area contributed by atoms with Crippen molar-refractivity contribution in [1.82, 2.24) is 5.32 Å².